The molecule has 1 unspecified atom stereocenters. The average molecular weight is 239 g/mol. The van der Waals surface area contributed by atoms with Crippen LogP contribution >= 0.6 is 0 Å². The Kier molecular flexibility index (Phi) is 3.38. The van der Waals surface area contributed by atoms with Crippen LogP contribution in [0.3, 0.4) is 0 Å². The molecule has 0 spiro atoms. The Morgan fingerprint density at radius 3 is 2.76 bits per heavy atom. The number of fused-ring (bicyclic) bond motifs is 1. The van der Waals surface area contributed by atoms with Gasteiger partial charge in [0.2, 0.25) is 11.8 Å². The van der Waals surface area contributed by atoms with E-state index in [0.717, 1.165) is 6.42 Å². The summed E-state index contributed by atoms with van der Waals surface area (Å²) in [4.78, 5) is 27.4. The first-order valence-corrected chi connectivity index (χ1v) is 6.34. The highest BCUT2D eigenvalue weighted by Gasteiger charge is 2.38. The molecule has 2 N–H and O–H groups in total. The van der Waals surface area contributed by atoms with Gasteiger partial charge >= 0.3 is 0 Å². The zero-order chi connectivity index (χ0) is 12.6. The molecule has 2 atom stereocenters. The van der Waals surface area contributed by atoms with Gasteiger partial charge in [-0.1, -0.05) is 13.8 Å². The summed E-state index contributed by atoms with van der Waals surface area (Å²) >= 11 is 0. The smallest absolute Gasteiger partial charge is 0.239 e. The molecule has 0 aliphatic carbocycles. The van der Waals surface area contributed by atoms with Gasteiger partial charge in [0.05, 0.1) is 6.04 Å². The second-order valence-electron chi connectivity index (χ2n) is 5.33. The Labute approximate surface area is 102 Å². The molecule has 5 heteroatoms. The number of hydrogen-bond acceptors (Lipinski definition) is 3. The Morgan fingerprint density at radius 2 is 2.12 bits per heavy atom. The molecular formula is C12H21N3O2. The van der Waals surface area contributed by atoms with Crippen LogP contribution in [0.5, 0.6) is 0 Å². The van der Waals surface area contributed by atoms with Crippen molar-refractivity contribution in [1.82, 2.24) is 9.80 Å². The molecule has 0 aromatic carbocycles. The van der Waals surface area contributed by atoms with E-state index in [-0.39, 0.29) is 23.8 Å². The molecule has 2 heterocycles. The molecule has 2 rings (SSSR count). The van der Waals surface area contributed by atoms with Gasteiger partial charge in [0, 0.05) is 32.1 Å². The van der Waals surface area contributed by atoms with Crippen molar-refractivity contribution in [3.63, 3.8) is 0 Å². The first-order valence-electron chi connectivity index (χ1n) is 6.34. The summed E-state index contributed by atoms with van der Waals surface area (Å²) in [5.41, 5.74) is 5.88. The average Bonchev–Trinajstić information content (AvgIpc) is 2.68. The molecule has 0 radical (unpaired) electrons. The molecule has 2 aliphatic rings. The minimum absolute atomic E-state index is 0.0269. The van der Waals surface area contributed by atoms with Crippen molar-refractivity contribution in [2.45, 2.75) is 38.8 Å². The van der Waals surface area contributed by atoms with Gasteiger partial charge in [-0.2, -0.15) is 0 Å². The zero-order valence-electron chi connectivity index (χ0n) is 10.6. The van der Waals surface area contributed by atoms with Gasteiger partial charge in [-0.15, -0.1) is 0 Å². The summed E-state index contributed by atoms with van der Waals surface area (Å²) in [5, 5.41) is 0. The topological polar surface area (TPSA) is 66.6 Å². The Bertz CT molecular complexity index is 330. The fourth-order valence-electron chi connectivity index (χ4n) is 2.56. The van der Waals surface area contributed by atoms with Crippen molar-refractivity contribution in [3.05, 3.63) is 0 Å². The first kappa shape index (κ1) is 12.4. The molecule has 5 nitrogen and oxygen atoms in total. The third-order valence-electron chi connectivity index (χ3n) is 3.81. The summed E-state index contributed by atoms with van der Waals surface area (Å²) in [7, 11) is 0. The number of hydrogen-bond donors (Lipinski definition) is 1. The number of amides is 2. The highest BCUT2D eigenvalue weighted by atomic mass is 16.2. The molecule has 17 heavy (non-hydrogen) atoms. The van der Waals surface area contributed by atoms with Crippen LogP contribution in [0.2, 0.25) is 0 Å². The van der Waals surface area contributed by atoms with Gasteiger partial charge in [0.25, 0.3) is 0 Å². The van der Waals surface area contributed by atoms with Crippen LogP contribution in [0.1, 0.15) is 26.7 Å². The van der Waals surface area contributed by atoms with E-state index in [1.165, 1.54) is 0 Å². The second-order valence-corrected chi connectivity index (χ2v) is 5.33. The molecular weight excluding hydrogens is 218 g/mol. The van der Waals surface area contributed by atoms with E-state index in [2.05, 4.69) is 0 Å². The first-order chi connectivity index (χ1) is 8.00. The predicted molar refractivity (Wildman–Crippen MR) is 64.1 cm³/mol. The quantitative estimate of drug-likeness (QED) is 0.726. The summed E-state index contributed by atoms with van der Waals surface area (Å²) in [5.74, 6) is 0.417. The molecule has 96 valence electrons. The van der Waals surface area contributed by atoms with Crippen LogP contribution in [0, 0.1) is 5.92 Å². The molecule has 2 saturated heterocycles. The highest BCUT2D eigenvalue weighted by molar-refractivity contribution is 5.83. The van der Waals surface area contributed by atoms with Crippen LogP contribution in [0.25, 0.3) is 0 Å². The number of rotatable bonds is 2. The maximum Gasteiger partial charge on any atom is 0.239 e. The lowest BCUT2D eigenvalue weighted by Crippen LogP contribution is -2.57. The Balaban J connectivity index is 1.97. The van der Waals surface area contributed by atoms with Crippen molar-refractivity contribution in [3.8, 4) is 0 Å². The Hall–Kier alpha value is -1.10. The summed E-state index contributed by atoms with van der Waals surface area (Å²) in [6.07, 6.45) is 1.50. The fourth-order valence-corrected chi connectivity index (χ4v) is 2.56. The van der Waals surface area contributed by atoms with Crippen molar-refractivity contribution in [2.24, 2.45) is 11.7 Å². The standard InChI is InChI=1S/C12H21N3O2/c1-8(2)11(13)12(17)14-5-6-15-9(7-14)3-4-10(15)16/h8-9,11H,3-7,13H2,1-2H3/t9?,11-/m0/s1. The van der Waals surface area contributed by atoms with Crippen LogP contribution < -0.4 is 5.73 Å². The van der Waals surface area contributed by atoms with Crippen molar-refractivity contribution >= 4 is 11.8 Å². The maximum atomic E-state index is 12.1. The third kappa shape index (κ3) is 2.29. The normalized spacial score (nSPS) is 26.4. The molecule has 2 amide bonds. The lowest BCUT2D eigenvalue weighted by atomic mass is 10.0. The van der Waals surface area contributed by atoms with E-state index in [1.54, 1.807) is 0 Å². The Morgan fingerprint density at radius 1 is 1.41 bits per heavy atom. The maximum absolute atomic E-state index is 12.1. The zero-order valence-corrected chi connectivity index (χ0v) is 10.6. The van der Waals surface area contributed by atoms with Crippen molar-refractivity contribution < 1.29 is 9.59 Å². The highest BCUT2D eigenvalue weighted by Crippen LogP contribution is 2.23. The molecule has 2 fully saturated rings. The van der Waals surface area contributed by atoms with E-state index >= 15 is 0 Å². The lowest BCUT2D eigenvalue weighted by Gasteiger charge is -2.39. The van der Waals surface area contributed by atoms with E-state index in [4.69, 9.17) is 5.73 Å². The SMILES string of the molecule is CC(C)[C@H](N)C(=O)N1CCN2C(=O)CCC2C1. The van der Waals surface area contributed by atoms with Crippen LogP contribution in [-0.4, -0.2) is 53.3 Å². The van der Waals surface area contributed by atoms with E-state index < -0.39 is 6.04 Å². The van der Waals surface area contributed by atoms with E-state index in [1.807, 2.05) is 23.6 Å². The molecule has 0 bridgehead atoms. The largest absolute Gasteiger partial charge is 0.338 e. The number of nitrogens with two attached hydrogens (primary N) is 1. The number of nitrogens with zero attached hydrogens (tertiary/aromatic N) is 2. The fraction of sp³-hybridized carbons (Fsp3) is 0.833. The van der Waals surface area contributed by atoms with Crippen LogP contribution in [0.15, 0.2) is 0 Å². The summed E-state index contributed by atoms with van der Waals surface area (Å²) < 4.78 is 0. The van der Waals surface area contributed by atoms with Gasteiger partial charge in [0.15, 0.2) is 0 Å². The van der Waals surface area contributed by atoms with Gasteiger partial charge in [-0.05, 0) is 12.3 Å². The van der Waals surface area contributed by atoms with Gasteiger partial charge in [-0.25, -0.2) is 0 Å². The third-order valence-corrected chi connectivity index (χ3v) is 3.81. The monoisotopic (exact) mass is 239 g/mol. The van der Waals surface area contributed by atoms with E-state index in [9.17, 15) is 9.59 Å². The number of carbonyl (C=O) groups is 2. The molecule has 2 aliphatic heterocycles. The molecule has 0 aromatic rings. The predicted octanol–water partition coefficient (Wildman–Crippen LogP) is -0.197. The van der Waals surface area contributed by atoms with Crippen LogP contribution in [0.4, 0.5) is 0 Å². The van der Waals surface area contributed by atoms with Gasteiger partial charge in [-0.3, -0.25) is 9.59 Å². The summed E-state index contributed by atoms with van der Waals surface area (Å²) in [6.45, 7) is 5.86. The van der Waals surface area contributed by atoms with Gasteiger partial charge in [0.1, 0.15) is 0 Å². The minimum Gasteiger partial charge on any atom is -0.338 e. The van der Waals surface area contributed by atoms with Gasteiger partial charge < -0.3 is 15.5 Å². The summed E-state index contributed by atoms with van der Waals surface area (Å²) in [6, 6.07) is -0.196. The molecule has 0 aromatic heterocycles. The molecule has 0 saturated carbocycles. The second kappa shape index (κ2) is 4.64. The lowest BCUT2D eigenvalue weighted by molar-refractivity contribution is -0.140. The van der Waals surface area contributed by atoms with E-state index in [0.29, 0.717) is 26.1 Å². The van der Waals surface area contributed by atoms with Crippen molar-refractivity contribution in [1.29, 1.82) is 0 Å². The number of carbonyl (C=O) groups excluding carboxylic acids is 2. The van der Waals surface area contributed by atoms with Crippen LogP contribution in [-0.2, 0) is 9.59 Å². The van der Waals surface area contributed by atoms with Crippen molar-refractivity contribution in [2.75, 3.05) is 19.6 Å². The minimum atomic E-state index is -0.418. The number of piperazine rings is 1.